The smallest absolute Gasteiger partial charge is 0.347 e. The van der Waals surface area contributed by atoms with E-state index in [1.807, 2.05) is 18.2 Å². The van der Waals surface area contributed by atoms with Crippen LogP contribution in [0.2, 0.25) is 5.02 Å². The summed E-state index contributed by atoms with van der Waals surface area (Å²) in [6, 6.07) is 9.62. The van der Waals surface area contributed by atoms with Crippen LogP contribution in [-0.2, 0) is 6.42 Å². The molecule has 0 aliphatic heterocycles. The fraction of sp³-hybridized carbons (Fsp3) is 0.267. The number of para-hydroxylation sites is 1. The number of nitrogen functional groups attached to an aromatic ring is 1. The summed E-state index contributed by atoms with van der Waals surface area (Å²) in [6.07, 6.45) is 1.08. The zero-order chi connectivity index (χ0) is 15.1. The normalized spacial score (nSPS) is 10.0. The minimum absolute atomic E-state index is 0.205. The first-order valence-electron chi connectivity index (χ1n) is 6.21. The molecule has 108 valence electrons. The summed E-state index contributed by atoms with van der Waals surface area (Å²) in [4.78, 5) is 10.4. The molecule has 0 unspecified atom stereocenters. The van der Waals surface area contributed by atoms with Crippen LogP contribution in [0, 0.1) is 5.92 Å². The molecule has 0 fully saturated rings. The van der Waals surface area contributed by atoms with E-state index >= 15 is 0 Å². The van der Waals surface area contributed by atoms with Gasteiger partial charge in [0.15, 0.2) is 0 Å². The highest BCUT2D eigenvalue weighted by molar-refractivity contribution is 7.12. The number of carboxylic acids is 1. The first kappa shape index (κ1) is 16.5. The molecule has 3 nitrogen and oxygen atoms in total. The van der Waals surface area contributed by atoms with Crippen LogP contribution >= 0.6 is 22.9 Å². The summed E-state index contributed by atoms with van der Waals surface area (Å²) in [5.41, 5.74) is 7.95. The molecule has 2 rings (SSSR count). The van der Waals surface area contributed by atoms with E-state index in [-0.39, 0.29) is 4.88 Å². The molecule has 0 aliphatic carbocycles. The van der Waals surface area contributed by atoms with Crippen molar-refractivity contribution < 1.29 is 9.90 Å². The van der Waals surface area contributed by atoms with Crippen molar-refractivity contribution in [2.24, 2.45) is 5.92 Å². The number of hydrogen-bond donors (Lipinski definition) is 2. The number of thiophene rings is 1. The van der Waals surface area contributed by atoms with E-state index in [0.717, 1.165) is 23.4 Å². The highest BCUT2D eigenvalue weighted by Gasteiger charge is 2.07. The molecule has 0 aliphatic rings. The van der Waals surface area contributed by atoms with Gasteiger partial charge in [-0.05, 0) is 35.4 Å². The van der Waals surface area contributed by atoms with Gasteiger partial charge in [-0.2, -0.15) is 0 Å². The molecule has 1 aromatic heterocycles. The van der Waals surface area contributed by atoms with Crippen molar-refractivity contribution in [3.8, 4) is 0 Å². The number of carbonyl (C=O) groups is 1. The molecule has 0 amide bonds. The number of rotatable bonds is 3. The van der Waals surface area contributed by atoms with Gasteiger partial charge >= 0.3 is 5.97 Å². The maximum atomic E-state index is 10.2. The molecule has 3 N–H and O–H groups in total. The average Bonchev–Trinajstić information content (AvgIpc) is 2.79. The van der Waals surface area contributed by atoms with Crippen molar-refractivity contribution in [3.63, 3.8) is 0 Å². The number of aromatic carboxylic acids is 1. The Bertz CT molecular complexity index is 567. The molecule has 0 bridgehead atoms. The van der Waals surface area contributed by atoms with E-state index in [0.29, 0.717) is 10.9 Å². The first-order chi connectivity index (χ1) is 9.41. The van der Waals surface area contributed by atoms with Crippen LogP contribution in [0.1, 0.15) is 29.1 Å². The molecule has 0 atom stereocenters. The Labute approximate surface area is 128 Å². The number of anilines is 1. The summed E-state index contributed by atoms with van der Waals surface area (Å²) in [5.74, 6) is -0.283. The largest absolute Gasteiger partial charge is 0.477 e. The maximum Gasteiger partial charge on any atom is 0.347 e. The van der Waals surface area contributed by atoms with Crippen molar-refractivity contribution in [1.29, 1.82) is 0 Å². The minimum Gasteiger partial charge on any atom is -0.477 e. The lowest BCUT2D eigenvalue weighted by atomic mass is 10.0. The van der Waals surface area contributed by atoms with E-state index < -0.39 is 5.97 Å². The van der Waals surface area contributed by atoms with Gasteiger partial charge in [-0.1, -0.05) is 43.6 Å². The van der Waals surface area contributed by atoms with Crippen LogP contribution in [-0.4, -0.2) is 11.1 Å². The Morgan fingerprint density at radius 3 is 2.40 bits per heavy atom. The fourth-order valence-corrected chi connectivity index (χ4v) is 2.58. The van der Waals surface area contributed by atoms with Gasteiger partial charge in [0.1, 0.15) is 4.88 Å². The molecule has 0 saturated heterocycles. The lowest BCUT2D eigenvalue weighted by Gasteiger charge is -2.06. The van der Waals surface area contributed by atoms with E-state index in [2.05, 4.69) is 19.9 Å². The Kier molecular flexibility index (Phi) is 6.55. The molecule has 0 radical (unpaired) electrons. The second-order valence-corrected chi connectivity index (χ2v) is 6.02. The van der Waals surface area contributed by atoms with Gasteiger partial charge in [0.2, 0.25) is 0 Å². The molecule has 1 heterocycles. The number of nitrogens with two attached hydrogens (primary N) is 1. The van der Waals surface area contributed by atoms with E-state index in [4.69, 9.17) is 22.4 Å². The van der Waals surface area contributed by atoms with Crippen molar-refractivity contribution in [3.05, 3.63) is 51.2 Å². The van der Waals surface area contributed by atoms with Gasteiger partial charge in [-0.3, -0.25) is 0 Å². The summed E-state index contributed by atoms with van der Waals surface area (Å²) in [7, 11) is 0. The van der Waals surface area contributed by atoms with Crippen molar-refractivity contribution in [2.75, 3.05) is 5.73 Å². The van der Waals surface area contributed by atoms with E-state index in [1.54, 1.807) is 11.4 Å². The van der Waals surface area contributed by atoms with Crippen molar-refractivity contribution >= 4 is 34.6 Å². The topological polar surface area (TPSA) is 63.3 Å². The second-order valence-electron chi connectivity index (χ2n) is 4.70. The summed E-state index contributed by atoms with van der Waals surface area (Å²) in [5, 5.41) is 10.3. The summed E-state index contributed by atoms with van der Waals surface area (Å²) < 4.78 is 0. The third-order valence-electron chi connectivity index (χ3n) is 2.49. The van der Waals surface area contributed by atoms with Crippen LogP contribution in [0.5, 0.6) is 0 Å². The van der Waals surface area contributed by atoms with Gasteiger partial charge < -0.3 is 10.8 Å². The Hall–Kier alpha value is -1.52. The van der Waals surface area contributed by atoms with Gasteiger partial charge in [0.05, 0.1) is 5.02 Å². The van der Waals surface area contributed by atoms with E-state index in [9.17, 15) is 4.79 Å². The molecule has 20 heavy (non-hydrogen) atoms. The first-order valence-corrected chi connectivity index (χ1v) is 7.47. The molecule has 5 heteroatoms. The van der Waals surface area contributed by atoms with Crippen LogP contribution in [0.15, 0.2) is 35.7 Å². The van der Waals surface area contributed by atoms with E-state index in [1.165, 1.54) is 5.56 Å². The SMILES string of the molecule is CC(C)Cc1ccccc1N.O=C(O)c1sccc1Cl. The average molecular weight is 312 g/mol. The van der Waals surface area contributed by atoms with Crippen LogP contribution in [0.3, 0.4) is 0 Å². The van der Waals surface area contributed by atoms with Crippen molar-refractivity contribution in [1.82, 2.24) is 0 Å². The Morgan fingerprint density at radius 1 is 1.35 bits per heavy atom. The fourth-order valence-electron chi connectivity index (χ4n) is 1.61. The highest BCUT2D eigenvalue weighted by atomic mass is 35.5. The molecular weight excluding hydrogens is 294 g/mol. The predicted molar refractivity (Wildman–Crippen MR) is 85.7 cm³/mol. The standard InChI is InChI=1S/C10H15N.C5H3ClO2S/c1-8(2)7-9-5-3-4-6-10(9)11;6-3-1-2-9-4(3)5(7)8/h3-6,8H,7,11H2,1-2H3;1-2H,(H,7,8). The third-order valence-corrected chi connectivity index (χ3v) is 3.82. The maximum absolute atomic E-state index is 10.2. The lowest BCUT2D eigenvalue weighted by Crippen LogP contribution is -1.98. The molecule has 2 aromatic rings. The molecule has 1 aromatic carbocycles. The van der Waals surface area contributed by atoms with Crippen LogP contribution < -0.4 is 5.73 Å². The summed E-state index contributed by atoms with van der Waals surface area (Å²) in [6.45, 7) is 4.40. The van der Waals surface area contributed by atoms with Gasteiger partial charge in [-0.25, -0.2) is 4.79 Å². The number of carboxylic acid groups (broad SMARTS) is 1. The number of halogens is 1. The third kappa shape index (κ3) is 5.23. The molecule has 0 spiro atoms. The Balaban J connectivity index is 0.000000204. The number of hydrogen-bond acceptors (Lipinski definition) is 3. The minimum atomic E-state index is -0.963. The monoisotopic (exact) mass is 311 g/mol. The number of benzene rings is 1. The molecule has 0 saturated carbocycles. The molecular formula is C15H18ClNO2S. The van der Waals surface area contributed by atoms with Gasteiger partial charge in [0.25, 0.3) is 0 Å². The highest BCUT2D eigenvalue weighted by Crippen LogP contribution is 2.21. The zero-order valence-corrected chi connectivity index (χ0v) is 13.0. The summed E-state index contributed by atoms with van der Waals surface area (Å²) >= 11 is 6.59. The van der Waals surface area contributed by atoms with Crippen LogP contribution in [0.25, 0.3) is 0 Å². The van der Waals surface area contributed by atoms with Crippen LogP contribution in [0.4, 0.5) is 5.69 Å². The predicted octanol–water partition coefficient (Wildman–Crippen LogP) is 4.57. The van der Waals surface area contributed by atoms with Gasteiger partial charge in [-0.15, -0.1) is 11.3 Å². The lowest BCUT2D eigenvalue weighted by molar-refractivity contribution is 0.0702. The second kappa shape index (κ2) is 7.92. The van der Waals surface area contributed by atoms with Gasteiger partial charge in [0, 0.05) is 5.69 Å². The quantitative estimate of drug-likeness (QED) is 0.816. The van der Waals surface area contributed by atoms with Crippen molar-refractivity contribution in [2.45, 2.75) is 20.3 Å². The Morgan fingerprint density at radius 2 is 2.00 bits per heavy atom. The zero-order valence-electron chi connectivity index (χ0n) is 11.5.